The van der Waals surface area contributed by atoms with E-state index in [2.05, 4.69) is 0 Å². The molecule has 0 N–H and O–H groups in total. The van der Waals surface area contributed by atoms with Crippen LogP contribution < -0.4 is 9.21 Å². The number of fused-ring (bicyclic) bond motifs is 1. The molecule has 5 nitrogen and oxygen atoms in total. The second-order valence-corrected chi connectivity index (χ2v) is 8.19. The van der Waals surface area contributed by atoms with E-state index in [0.29, 0.717) is 16.4 Å². The van der Waals surface area contributed by atoms with E-state index >= 15 is 0 Å². The molecule has 8 heteroatoms. The fourth-order valence-electron chi connectivity index (χ4n) is 3.23. The number of hydrogen-bond donors (Lipinski definition) is 0. The van der Waals surface area contributed by atoms with Crippen LogP contribution in [0.25, 0.3) is 0 Å². The maximum Gasteiger partial charge on any atom is 0.248 e. The van der Waals surface area contributed by atoms with E-state index in [1.807, 2.05) is 19.1 Å². The Hall–Kier alpha value is -2.48. The van der Waals surface area contributed by atoms with Crippen molar-refractivity contribution in [1.82, 2.24) is 0 Å². The highest BCUT2D eigenvalue weighted by molar-refractivity contribution is 7.92. The first-order valence-corrected chi connectivity index (χ1v) is 9.86. The molecule has 138 valence electrons. The van der Waals surface area contributed by atoms with Gasteiger partial charge in [-0.3, -0.25) is 9.10 Å². The SMILES string of the molecule is CC1Cc2ccccc2N1C(=O)CN(c1c(F)cccc1F)S(C)(=O)=O. The van der Waals surface area contributed by atoms with Gasteiger partial charge in [-0.15, -0.1) is 0 Å². The number of halogens is 2. The fourth-order valence-corrected chi connectivity index (χ4v) is 4.09. The van der Waals surface area contributed by atoms with Crippen LogP contribution in [0.1, 0.15) is 12.5 Å². The number of benzene rings is 2. The largest absolute Gasteiger partial charge is 0.307 e. The van der Waals surface area contributed by atoms with Crippen LogP contribution in [-0.2, 0) is 21.2 Å². The molecule has 2 aromatic rings. The standard InChI is InChI=1S/C18H18F2N2O3S/c1-12-10-13-6-3-4-9-16(13)22(12)17(23)11-21(26(2,24)25)18-14(19)7-5-8-15(18)20/h3-9,12H,10-11H2,1-2H3. The molecule has 0 bridgehead atoms. The second-order valence-electron chi connectivity index (χ2n) is 6.29. The number of nitrogens with zero attached hydrogens (tertiary/aromatic N) is 2. The summed E-state index contributed by atoms with van der Waals surface area (Å²) in [6, 6.07) is 10.2. The van der Waals surface area contributed by atoms with Crippen LogP contribution in [0.5, 0.6) is 0 Å². The zero-order valence-electron chi connectivity index (χ0n) is 14.3. The minimum absolute atomic E-state index is 0.174. The molecule has 0 radical (unpaired) electrons. The Kier molecular flexibility index (Phi) is 4.70. The van der Waals surface area contributed by atoms with Gasteiger partial charge in [0.15, 0.2) is 11.6 Å². The van der Waals surface area contributed by atoms with Crippen LogP contribution in [0, 0.1) is 11.6 Å². The molecule has 1 unspecified atom stereocenters. The number of rotatable bonds is 4. The van der Waals surface area contributed by atoms with E-state index in [-0.39, 0.29) is 6.04 Å². The third-order valence-corrected chi connectivity index (χ3v) is 5.45. The van der Waals surface area contributed by atoms with Crippen LogP contribution in [0.2, 0.25) is 0 Å². The molecule has 3 rings (SSSR count). The lowest BCUT2D eigenvalue weighted by Gasteiger charge is -2.28. The molecule has 0 aromatic heterocycles. The summed E-state index contributed by atoms with van der Waals surface area (Å²) in [5.74, 6) is -2.63. The smallest absolute Gasteiger partial charge is 0.248 e. The normalized spacial score (nSPS) is 16.5. The molecule has 0 saturated heterocycles. The Bertz CT molecular complexity index is 942. The zero-order valence-corrected chi connectivity index (χ0v) is 15.1. The monoisotopic (exact) mass is 380 g/mol. The van der Waals surface area contributed by atoms with Crippen molar-refractivity contribution in [3.8, 4) is 0 Å². The Balaban J connectivity index is 1.98. The molecule has 0 saturated carbocycles. The van der Waals surface area contributed by atoms with Gasteiger partial charge in [0, 0.05) is 11.7 Å². The van der Waals surface area contributed by atoms with Crippen molar-refractivity contribution in [2.24, 2.45) is 0 Å². The van der Waals surface area contributed by atoms with Crippen molar-refractivity contribution in [1.29, 1.82) is 0 Å². The molecule has 1 atom stereocenters. The van der Waals surface area contributed by atoms with E-state index in [0.717, 1.165) is 30.0 Å². The fraction of sp³-hybridized carbons (Fsp3) is 0.278. The summed E-state index contributed by atoms with van der Waals surface area (Å²) < 4.78 is 53.0. The maximum atomic E-state index is 14.1. The Morgan fingerprint density at radius 3 is 2.38 bits per heavy atom. The number of amides is 1. The number of carbonyl (C=O) groups is 1. The predicted molar refractivity (Wildman–Crippen MR) is 95.6 cm³/mol. The van der Waals surface area contributed by atoms with E-state index < -0.39 is 39.8 Å². The molecule has 1 aliphatic rings. The van der Waals surface area contributed by atoms with Gasteiger partial charge in [-0.1, -0.05) is 24.3 Å². The predicted octanol–water partition coefficient (Wildman–Crippen LogP) is 2.71. The summed E-state index contributed by atoms with van der Waals surface area (Å²) in [4.78, 5) is 14.3. The summed E-state index contributed by atoms with van der Waals surface area (Å²) in [6.45, 7) is 1.15. The van der Waals surface area contributed by atoms with Crippen molar-refractivity contribution in [2.75, 3.05) is 22.0 Å². The lowest BCUT2D eigenvalue weighted by atomic mass is 10.1. The second kappa shape index (κ2) is 6.68. The molecule has 0 spiro atoms. The molecule has 1 aliphatic heterocycles. The van der Waals surface area contributed by atoms with Crippen molar-refractivity contribution in [3.63, 3.8) is 0 Å². The van der Waals surface area contributed by atoms with Crippen molar-refractivity contribution >= 4 is 27.3 Å². The molecule has 0 aliphatic carbocycles. The van der Waals surface area contributed by atoms with Gasteiger partial charge in [-0.2, -0.15) is 0 Å². The van der Waals surface area contributed by atoms with Crippen LogP contribution in [0.3, 0.4) is 0 Å². The lowest BCUT2D eigenvalue weighted by molar-refractivity contribution is -0.117. The molecule has 26 heavy (non-hydrogen) atoms. The molecule has 1 amide bonds. The van der Waals surface area contributed by atoms with E-state index in [1.54, 1.807) is 12.1 Å². The molecule has 0 fully saturated rings. The number of hydrogen-bond acceptors (Lipinski definition) is 3. The third kappa shape index (κ3) is 3.29. The highest BCUT2D eigenvalue weighted by atomic mass is 32.2. The van der Waals surface area contributed by atoms with Crippen molar-refractivity contribution in [2.45, 2.75) is 19.4 Å². The van der Waals surface area contributed by atoms with Gasteiger partial charge in [-0.05, 0) is 37.1 Å². The van der Waals surface area contributed by atoms with Gasteiger partial charge in [0.05, 0.1) is 6.26 Å². The third-order valence-electron chi connectivity index (χ3n) is 4.34. The van der Waals surface area contributed by atoms with Gasteiger partial charge < -0.3 is 4.90 Å². The molecule has 1 heterocycles. The van der Waals surface area contributed by atoms with E-state index in [4.69, 9.17) is 0 Å². The highest BCUT2D eigenvalue weighted by Gasteiger charge is 2.34. The summed E-state index contributed by atoms with van der Waals surface area (Å²) in [6.07, 6.45) is 1.45. The van der Waals surface area contributed by atoms with E-state index in [1.165, 1.54) is 4.90 Å². The highest BCUT2D eigenvalue weighted by Crippen LogP contribution is 2.33. The minimum atomic E-state index is -4.08. The summed E-state index contributed by atoms with van der Waals surface area (Å²) >= 11 is 0. The minimum Gasteiger partial charge on any atom is -0.307 e. The first-order valence-electron chi connectivity index (χ1n) is 8.02. The average Bonchev–Trinajstić information content (AvgIpc) is 2.88. The van der Waals surface area contributed by atoms with E-state index in [9.17, 15) is 22.0 Å². The Labute approximate surface area is 150 Å². The van der Waals surface area contributed by atoms with Crippen LogP contribution in [-0.4, -0.2) is 33.2 Å². The number of sulfonamides is 1. The number of para-hydroxylation sites is 2. The van der Waals surface area contributed by atoms with Gasteiger partial charge in [-0.25, -0.2) is 17.2 Å². The first-order chi connectivity index (χ1) is 12.2. The topological polar surface area (TPSA) is 57.7 Å². The lowest BCUT2D eigenvalue weighted by Crippen LogP contribution is -2.45. The van der Waals surface area contributed by atoms with Gasteiger partial charge in [0.25, 0.3) is 0 Å². The van der Waals surface area contributed by atoms with Gasteiger partial charge in [0.2, 0.25) is 15.9 Å². The van der Waals surface area contributed by atoms with Crippen LogP contribution in [0.4, 0.5) is 20.2 Å². The van der Waals surface area contributed by atoms with Crippen LogP contribution >= 0.6 is 0 Å². The average molecular weight is 380 g/mol. The number of anilines is 2. The quantitative estimate of drug-likeness (QED) is 0.820. The zero-order chi connectivity index (χ0) is 19.1. The molecule has 2 aromatic carbocycles. The molecular formula is C18H18F2N2O3S. The Morgan fingerprint density at radius 2 is 1.77 bits per heavy atom. The van der Waals surface area contributed by atoms with Gasteiger partial charge >= 0.3 is 0 Å². The first kappa shape index (κ1) is 18.3. The van der Waals surface area contributed by atoms with Crippen molar-refractivity contribution < 1.29 is 22.0 Å². The molecular weight excluding hydrogens is 362 g/mol. The number of carbonyl (C=O) groups excluding carboxylic acids is 1. The summed E-state index contributed by atoms with van der Waals surface area (Å²) in [7, 11) is -4.08. The summed E-state index contributed by atoms with van der Waals surface area (Å²) in [5.41, 5.74) is 0.910. The summed E-state index contributed by atoms with van der Waals surface area (Å²) in [5, 5.41) is 0. The van der Waals surface area contributed by atoms with Crippen molar-refractivity contribution in [3.05, 3.63) is 59.7 Å². The maximum absolute atomic E-state index is 14.1. The Morgan fingerprint density at radius 1 is 1.15 bits per heavy atom. The van der Waals surface area contributed by atoms with Crippen LogP contribution in [0.15, 0.2) is 42.5 Å². The van der Waals surface area contributed by atoms with Gasteiger partial charge in [0.1, 0.15) is 12.2 Å².